The highest BCUT2D eigenvalue weighted by Gasteiger charge is 2.18. The standard InChI is InChI=1S/C16H11FN4/c17-12-6-4-5-11(9-12)15-14(10-18)16(19)21(20-15)13-7-2-1-3-8-13/h1-9H,19H2. The lowest BCUT2D eigenvalue weighted by atomic mass is 10.1. The summed E-state index contributed by atoms with van der Waals surface area (Å²) in [5, 5.41) is 13.7. The fourth-order valence-corrected chi connectivity index (χ4v) is 2.15. The van der Waals surface area contributed by atoms with E-state index < -0.39 is 0 Å². The highest BCUT2D eigenvalue weighted by molar-refractivity contribution is 5.73. The molecule has 0 fully saturated rings. The van der Waals surface area contributed by atoms with Gasteiger partial charge in [-0.15, -0.1) is 0 Å². The van der Waals surface area contributed by atoms with Gasteiger partial charge in [-0.05, 0) is 24.3 Å². The van der Waals surface area contributed by atoms with Gasteiger partial charge in [0.15, 0.2) is 0 Å². The zero-order valence-corrected chi connectivity index (χ0v) is 11.0. The molecule has 0 radical (unpaired) electrons. The Bertz CT molecular complexity index is 831. The normalized spacial score (nSPS) is 10.3. The summed E-state index contributed by atoms with van der Waals surface area (Å²) < 4.78 is 14.9. The highest BCUT2D eigenvalue weighted by atomic mass is 19.1. The molecule has 102 valence electrons. The fourth-order valence-electron chi connectivity index (χ4n) is 2.15. The first-order valence-corrected chi connectivity index (χ1v) is 6.30. The summed E-state index contributed by atoms with van der Waals surface area (Å²) in [6.45, 7) is 0. The number of nitrogens with two attached hydrogens (primary N) is 1. The number of benzene rings is 2. The molecule has 1 heterocycles. The van der Waals surface area contributed by atoms with Gasteiger partial charge in [0.05, 0.1) is 5.69 Å². The fraction of sp³-hybridized carbons (Fsp3) is 0. The van der Waals surface area contributed by atoms with Gasteiger partial charge in [-0.1, -0.05) is 30.3 Å². The van der Waals surface area contributed by atoms with Gasteiger partial charge in [-0.3, -0.25) is 0 Å². The molecule has 21 heavy (non-hydrogen) atoms. The lowest BCUT2D eigenvalue weighted by molar-refractivity contribution is 0.628. The Hall–Kier alpha value is -3.13. The lowest BCUT2D eigenvalue weighted by Gasteiger charge is -2.02. The Balaban J connectivity index is 2.22. The van der Waals surface area contributed by atoms with Crippen molar-refractivity contribution in [3.63, 3.8) is 0 Å². The van der Waals surface area contributed by atoms with E-state index in [0.29, 0.717) is 11.3 Å². The number of rotatable bonds is 2. The molecule has 0 aliphatic rings. The van der Waals surface area contributed by atoms with Crippen LogP contribution in [0.25, 0.3) is 16.9 Å². The van der Waals surface area contributed by atoms with Crippen LogP contribution in [0, 0.1) is 17.1 Å². The number of anilines is 1. The van der Waals surface area contributed by atoms with E-state index in [1.807, 2.05) is 36.4 Å². The van der Waals surface area contributed by atoms with Gasteiger partial charge in [0, 0.05) is 5.56 Å². The molecule has 0 amide bonds. The Morgan fingerprint density at radius 3 is 2.52 bits per heavy atom. The molecule has 5 heteroatoms. The molecule has 2 N–H and O–H groups in total. The van der Waals surface area contributed by atoms with Crippen LogP contribution in [0.1, 0.15) is 5.56 Å². The summed E-state index contributed by atoms with van der Waals surface area (Å²) in [4.78, 5) is 0. The number of nitrogen functional groups attached to an aromatic ring is 1. The van der Waals surface area contributed by atoms with Crippen LogP contribution >= 0.6 is 0 Å². The van der Waals surface area contributed by atoms with Crippen molar-refractivity contribution in [2.45, 2.75) is 0 Å². The van der Waals surface area contributed by atoms with Gasteiger partial charge in [-0.2, -0.15) is 10.4 Å². The average Bonchev–Trinajstić information content (AvgIpc) is 2.85. The second-order valence-corrected chi connectivity index (χ2v) is 4.48. The van der Waals surface area contributed by atoms with Crippen LogP contribution in [0.4, 0.5) is 10.2 Å². The van der Waals surface area contributed by atoms with Gasteiger partial charge < -0.3 is 5.73 Å². The zero-order valence-electron chi connectivity index (χ0n) is 11.0. The van der Waals surface area contributed by atoms with Crippen molar-refractivity contribution >= 4 is 5.82 Å². The van der Waals surface area contributed by atoms with E-state index in [1.165, 1.54) is 16.8 Å². The van der Waals surface area contributed by atoms with E-state index in [1.54, 1.807) is 12.1 Å². The van der Waals surface area contributed by atoms with Crippen LogP contribution in [0.3, 0.4) is 0 Å². The molecular weight excluding hydrogens is 267 g/mol. The third kappa shape index (κ3) is 2.23. The van der Waals surface area contributed by atoms with Crippen LogP contribution in [-0.2, 0) is 0 Å². The van der Waals surface area contributed by atoms with Crippen molar-refractivity contribution in [1.29, 1.82) is 5.26 Å². The SMILES string of the molecule is N#Cc1c(-c2cccc(F)c2)nn(-c2ccccc2)c1N. The van der Waals surface area contributed by atoms with E-state index in [4.69, 9.17) is 5.73 Å². The number of hydrogen-bond acceptors (Lipinski definition) is 3. The van der Waals surface area contributed by atoms with Crippen molar-refractivity contribution in [2.24, 2.45) is 0 Å². The summed E-state index contributed by atoms with van der Waals surface area (Å²) in [5.41, 5.74) is 7.89. The smallest absolute Gasteiger partial charge is 0.145 e. The molecule has 2 aromatic carbocycles. The quantitative estimate of drug-likeness (QED) is 0.783. The van der Waals surface area contributed by atoms with Crippen LogP contribution in [0.15, 0.2) is 54.6 Å². The Morgan fingerprint density at radius 2 is 1.86 bits per heavy atom. The van der Waals surface area contributed by atoms with Crippen molar-refractivity contribution in [2.75, 3.05) is 5.73 Å². The maximum Gasteiger partial charge on any atom is 0.145 e. The predicted octanol–water partition coefficient (Wildman–Crippen LogP) is 3.13. The van der Waals surface area contributed by atoms with E-state index in [2.05, 4.69) is 5.10 Å². The number of aromatic nitrogens is 2. The summed E-state index contributed by atoms with van der Waals surface area (Å²) in [7, 11) is 0. The summed E-state index contributed by atoms with van der Waals surface area (Å²) in [6, 6.07) is 17.2. The second-order valence-electron chi connectivity index (χ2n) is 4.48. The Morgan fingerprint density at radius 1 is 1.10 bits per heavy atom. The van der Waals surface area contributed by atoms with Crippen LogP contribution in [0.2, 0.25) is 0 Å². The first kappa shape index (κ1) is 12.9. The molecule has 0 aliphatic heterocycles. The van der Waals surface area contributed by atoms with Gasteiger partial charge in [0.25, 0.3) is 0 Å². The highest BCUT2D eigenvalue weighted by Crippen LogP contribution is 2.28. The average molecular weight is 278 g/mol. The molecule has 0 spiro atoms. The van der Waals surface area contributed by atoms with Crippen LogP contribution < -0.4 is 5.73 Å². The van der Waals surface area contributed by atoms with E-state index >= 15 is 0 Å². The van der Waals surface area contributed by atoms with E-state index in [9.17, 15) is 9.65 Å². The minimum Gasteiger partial charge on any atom is -0.382 e. The van der Waals surface area contributed by atoms with Crippen molar-refractivity contribution in [3.05, 3.63) is 66.0 Å². The molecule has 1 aromatic heterocycles. The maximum atomic E-state index is 13.4. The second kappa shape index (κ2) is 5.10. The predicted molar refractivity (Wildman–Crippen MR) is 78.1 cm³/mol. The minimum absolute atomic E-state index is 0.239. The largest absolute Gasteiger partial charge is 0.382 e. The topological polar surface area (TPSA) is 67.6 Å². The first-order chi connectivity index (χ1) is 10.2. The summed E-state index contributed by atoms with van der Waals surface area (Å²) in [5.74, 6) is -0.146. The number of hydrogen-bond donors (Lipinski definition) is 1. The van der Waals surface area contributed by atoms with E-state index in [0.717, 1.165) is 5.69 Å². The summed E-state index contributed by atoms with van der Waals surface area (Å²) >= 11 is 0. The zero-order chi connectivity index (χ0) is 14.8. The monoisotopic (exact) mass is 278 g/mol. The van der Waals surface area contributed by atoms with Crippen molar-refractivity contribution in [3.8, 4) is 23.0 Å². The molecule has 0 aliphatic carbocycles. The number of halogens is 1. The third-order valence-corrected chi connectivity index (χ3v) is 3.13. The lowest BCUT2D eigenvalue weighted by Crippen LogP contribution is -2.01. The third-order valence-electron chi connectivity index (χ3n) is 3.13. The molecule has 0 bridgehead atoms. The maximum absolute atomic E-state index is 13.4. The molecule has 3 aromatic rings. The van der Waals surface area contributed by atoms with Gasteiger partial charge in [0.2, 0.25) is 0 Å². The first-order valence-electron chi connectivity index (χ1n) is 6.30. The molecule has 0 unspecified atom stereocenters. The minimum atomic E-state index is -0.385. The Kier molecular flexibility index (Phi) is 3.13. The molecule has 3 rings (SSSR count). The van der Waals surface area contributed by atoms with Crippen molar-refractivity contribution in [1.82, 2.24) is 9.78 Å². The van der Waals surface area contributed by atoms with Crippen LogP contribution in [-0.4, -0.2) is 9.78 Å². The molecule has 4 nitrogen and oxygen atoms in total. The molecule has 0 saturated heterocycles. The van der Waals surface area contributed by atoms with Crippen molar-refractivity contribution < 1.29 is 4.39 Å². The Labute approximate surface area is 120 Å². The number of nitrogens with zero attached hydrogens (tertiary/aromatic N) is 3. The summed E-state index contributed by atoms with van der Waals surface area (Å²) in [6.07, 6.45) is 0. The van der Waals surface area contributed by atoms with Crippen LogP contribution in [0.5, 0.6) is 0 Å². The number of para-hydroxylation sites is 1. The molecular formula is C16H11FN4. The number of nitriles is 1. The molecule has 0 atom stereocenters. The van der Waals surface area contributed by atoms with Gasteiger partial charge in [-0.25, -0.2) is 9.07 Å². The van der Waals surface area contributed by atoms with Gasteiger partial charge in [0.1, 0.15) is 29.0 Å². The van der Waals surface area contributed by atoms with Gasteiger partial charge >= 0.3 is 0 Å². The van der Waals surface area contributed by atoms with E-state index in [-0.39, 0.29) is 17.2 Å². The molecule has 0 saturated carbocycles.